The number of hydrogen-bond donors (Lipinski definition) is 1. The van der Waals surface area contributed by atoms with Crippen LogP contribution in [0.3, 0.4) is 0 Å². The molecule has 1 rings (SSSR count). The molecule has 98 valence electrons. The predicted octanol–water partition coefficient (Wildman–Crippen LogP) is 2.55. The van der Waals surface area contributed by atoms with Gasteiger partial charge in [0.05, 0.1) is 4.92 Å². The SMILES string of the molecule is CN(c1cc(Cl)ccc1[N+](=O)[O-])C(C)(C)C(=O)O. The van der Waals surface area contributed by atoms with Crippen LogP contribution in [-0.4, -0.2) is 28.6 Å². The second-order valence-corrected chi connectivity index (χ2v) is 4.75. The van der Waals surface area contributed by atoms with Gasteiger partial charge in [-0.2, -0.15) is 0 Å². The van der Waals surface area contributed by atoms with Gasteiger partial charge in [-0.1, -0.05) is 11.6 Å². The molecule has 0 amide bonds. The molecular weight excluding hydrogens is 260 g/mol. The minimum atomic E-state index is -1.28. The molecule has 0 unspecified atom stereocenters. The van der Waals surface area contributed by atoms with Crippen molar-refractivity contribution in [3.63, 3.8) is 0 Å². The number of aliphatic carboxylic acids is 1. The molecule has 6 nitrogen and oxygen atoms in total. The predicted molar refractivity (Wildman–Crippen MR) is 68.2 cm³/mol. The van der Waals surface area contributed by atoms with Crippen LogP contribution < -0.4 is 4.90 Å². The number of halogens is 1. The Morgan fingerprint density at radius 2 is 2.06 bits per heavy atom. The fraction of sp³-hybridized carbons (Fsp3) is 0.364. The molecule has 1 aromatic carbocycles. The lowest BCUT2D eigenvalue weighted by atomic mass is 10.0. The Morgan fingerprint density at radius 1 is 1.50 bits per heavy atom. The number of anilines is 1. The van der Waals surface area contributed by atoms with E-state index in [1.54, 1.807) is 0 Å². The lowest BCUT2D eigenvalue weighted by molar-refractivity contribution is -0.384. The molecule has 0 spiro atoms. The van der Waals surface area contributed by atoms with Gasteiger partial charge in [0.2, 0.25) is 0 Å². The largest absolute Gasteiger partial charge is 0.480 e. The molecule has 0 bridgehead atoms. The summed E-state index contributed by atoms with van der Waals surface area (Å²) in [4.78, 5) is 22.8. The number of nitrogens with zero attached hydrogens (tertiary/aromatic N) is 2. The number of carbonyl (C=O) groups is 1. The van der Waals surface area contributed by atoms with Crippen LogP contribution in [0.1, 0.15) is 13.8 Å². The molecule has 0 aliphatic rings. The van der Waals surface area contributed by atoms with Gasteiger partial charge in [-0.15, -0.1) is 0 Å². The van der Waals surface area contributed by atoms with Crippen molar-refractivity contribution in [3.8, 4) is 0 Å². The third-order valence-electron chi connectivity index (χ3n) is 2.86. The molecule has 0 saturated carbocycles. The van der Waals surface area contributed by atoms with E-state index in [0.29, 0.717) is 5.02 Å². The molecule has 7 heteroatoms. The van der Waals surface area contributed by atoms with E-state index in [4.69, 9.17) is 16.7 Å². The molecular formula is C11H13ClN2O4. The molecule has 0 aliphatic carbocycles. The maximum Gasteiger partial charge on any atom is 0.328 e. The van der Waals surface area contributed by atoms with Crippen LogP contribution in [0.4, 0.5) is 11.4 Å². The highest BCUT2D eigenvalue weighted by atomic mass is 35.5. The van der Waals surface area contributed by atoms with Crippen molar-refractivity contribution in [2.75, 3.05) is 11.9 Å². The Labute approximate surface area is 109 Å². The monoisotopic (exact) mass is 272 g/mol. The number of nitro groups is 1. The van der Waals surface area contributed by atoms with Crippen molar-refractivity contribution in [2.45, 2.75) is 19.4 Å². The van der Waals surface area contributed by atoms with Gasteiger partial charge in [0.1, 0.15) is 11.2 Å². The highest BCUT2D eigenvalue weighted by Gasteiger charge is 2.35. The number of carboxylic acids is 1. The summed E-state index contributed by atoms with van der Waals surface area (Å²) in [6, 6.07) is 4.03. The maximum absolute atomic E-state index is 11.2. The second kappa shape index (κ2) is 4.81. The minimum absolute atomic E-state index is 0.167. The molecule has 0 heterocycles. The van der Waals surface area contributed by atoms with Crippen molar-refractivity contribution in [1.82, 2.24) is 0 Å². The van der Waals surface area contributed by atoms with Gasteiger partial charge in [0, 0.05) is 18.1 Å². The summed E-state index contributed by atoms with van der Waals surface area (Å²) in [5.74, 6) is -1.08. The maximum atomic E-state index is 11.2. The molecule has 0 saturated heterocycles. The highest BCUT2D eigenvalue weighted by molar-refractivity contribution is 6.31. The molecule has 0 aromatic heterocycles. The van der Waals surface area contributed by atoms with Crippen LogP contribution in [0, 0.1) is 10.1 Å². The summed E-state index contributed by atoms with van der Waals surface area (Å²) >= 11 is 5.80. The summed E-state index contributed by atoms with van der Waals surface area (Å²) in [6.07, 6.45) is 0. The Morgan fingerprint density at radius 3 is 2.50 bits per heavy atom. The zero-order valence-corrected chi connectivity index (χ0v) is 10.9. The number of nitro benzene ring substituents is 1. The van der Waals surface area contributed by atoms with E-state index in [-0.39, 0.29) is 11.4 Å². The van der Waals surface area contributed by atoms with E-state index in [0.717, 1.165) is 0 Å². The summed E-state index contributed by atoms with van der Waals surface area (Å²) < 4.78 is 0. The smallest absolute Gasteiger partial charge is 0.328 e. The van der Waals surface area contributed by atoms with Gasteiger partial charge in [-0.25, -0.2) is 4.79 Å². The molecule has 0 atom stereocenters. The van der Waals surface area contributed by atoms with E-state index in [9.17, 15) is 14.9 Å². The summed E-state index contributed by atoms with van der Waals surface area (Å²) in [6.45, 7) is 2.92. The van der Waals surface area contributed by atoms with E-state index >= 15 is 0 Å². The van der Waals surface area contributed by atoms with E-state index < -0.39 is 16.4 Å². The van der Waals surface area contributed by atoms with Crippen molar-refractivity contribution >= 4 is 28.9 Å². The normalized spacial score (nSPS) is 11.1. The second-order valence-electron chi connectivity index (χ2n) is 4.31. The molecule has 1 aromatic rings. The number of rotatable bonds is 4. The molecule has 1 N–H and O–H groups in total. The first-order valence-corrected chi connectivity index (χ1v) is 5.47. The quantitative estimate of drug-likeness (QED) is 0.673. The van der Waals surface area contributed by atoms with Crippen molar-refractivity contribution in [3.05, 3.63) is 33.3 Å². The standard InChI is InChI=1S/C11H13ClN2O4/c1-11(2,10(15)16)13(3)9-6-7(12)4-5-8(9)14(17)18/h4-6H,1-3H3,(H,15,16). The van der Waals surface area contributed by atoms with Crippen LogP contribution in [0.25, 0.3) is 0 Å². The van der Waals surface area contributed by atoms with Crippen molar-refractivity contribution in [2.24, 2.45) is 0 Å². The van der Waals surface area contributed by atoms with Crippen molar-refractivity contribution in [1.29, 1.82) is 0 Å². The van der Waals surface area contributed by atoms with Gasteiger partial charge in [0.25, 0.3) is 5.69 Å². The summed E-state index contributed by atoms with van der Waals surface area (Å²) in [5, 5.41) is 20.4. The van der Waals surface area contributed by atoms with Crippen LogP contribution in [0.2, 0.25) is 5.02 Å². The van der Waals surface area contributed by atoms with Gasteiger partial charge in [0.15, 0.2) is 0 Å². The topological polar surface area (TPSA) is 83.7 Å². The van der Waals surface area contributed by atoms with Gasteiger partial charge in [-0.05, 0) is 26.0 Å². The van der Waals surface area contributed by atoms with Crippen molar-refractivity contribution < 1.29 is 14.8 Å². The number of likely N-dealkylation sites (N-methyl/N-ethyl adjacent to an activating group) is 1. The Bertz CT molecular complexity index is 502. The van der Waals surface area contributed by atoms with Crippen LogP contribution in [-0.2, 0) is 4.79 Å². The summed E-state index contributed by atoms with van der Waals surface area (Å²) in [5.41, 5.74) is -1.30. The zero-order chi connectivity index (χ0) is 14.1. The fourth-order valence-electron chi connectivity index (χ4n) is 1.36. The van der Waals surface area contributed by atoms with Gasteiger partial charge < -0.3 is 10.0 Å². The lowest BCUT2D eigenvalue weighted by Gasteiger charge is -2.33. The van der Waals surface area contributed by atoms with E-state index in [1.165, 1.54) is 44.0 Å². The molecule has 18 heavy (non-hydrogen) atoms. The lowest BCUT2D eigenvalue weighted by Crippen LogP contribution is -2.48. The third-order valence-corrected chi connectivity index (χ3v) is 3.09. The van der Waals surface area contributed by atoms with E-state index in [1.807, 2.05) is 0 Å². The molecule has 0 aliphatic heterocycles. The van der Waals surface area contributed by atoms with Crippen LogP contribution in [0.15, 0.2) is 18.2 Å². The number of benzene rings is 1. The zero-order valence-electron chi connectivity index (χ0n) is 10.2. The van der Waals surface area contributed by atoms with Gasteiger partial charge >= 0.3 is 5.97 Å². The fourth-order valence-corrected chi connectivity index (χ4v) is 1.53. The average molecular weight is 273 g/mol. The van der Waals surface area contributed by atoms with Crippen LogP contribution >= 0.6 is 11.6 Å². The molecule has 0 fully saturated rings. The first kappa shape index (κ1) is 14.2. The highest BCUT2D eigenvalue weighted by Crippen LogP contribution is 2.34. The van der Waals surface area contributed by atoms with Gasteiger partial charge in [-0.3, -0.25) is 10.1 Å². The Kier molecular flexibility index (Phi) is 3.81. The number of hydrogen-bond acceptors (Lipinski definition) is 4. The number of carboxylic acid groups (broad SMARTS) is 1. The third kappa shape index (κ3) is 2.53. The summed E-state index contributed by atoms with van der Waals surface area (Å²) in [7, 11) is 1.48. The van der Waals surface area contributed by atoms with Crippen LogP contribution in [0.5, 0.6) is 0 Å². The minimum Gasteiger partial charge on any atom is -0.480 e. The van der Waals surface area contributed by atoms with E-state index in [2.05, 4.69) is 0 Å². The Hall–Kier alpha value is -1.82. The molecule has 0 radical (unpaired) electrons. The first-order chi connectivity index (χ1) is 8.17. The first-order valence-electron chi connectivity index (χ1n) is 5.09. The Balaban J connectivity index is 3.36. The average Bonchev–Trinajstić information content (AvgIpc) is 2.27.